The lowest BCUT2D eigenvalue weighted by Gasteiger charge is -2.21. The molecule has 0 aromatic heterocycles. The summed E-state index contributed by atoms with van der Waals surface area (Å²) in [5.74, 6) is -3.79. The van der Waals surface area contributed by atoms with E-state index in [1.807, 2.05) is 0 Å². The van der Waals surface area contributed by atoms with Crippen molar-refractivity contribution in [1.82, 2.24) is 5.32 Å². The Labute approximate surface area is 123 Å². The van der Waals surface area contributed by atoms with Crippen molar-refractivity contribution in [2.45, 2.75) is 19.9 Å². The van der Waals surface area contributed by atoms with Crippen molar-refractivity contribution in [2.24, 2.45) is 11.8 Å². The van der Waals surface area contributed by atoms with E-state index in [1.165, 1.54) is 21.0 Å². The lowest BCUT2D eigenvalue weighted by molar-refractivity contribution is -0.148. The highest BCUT2D eigenvalue weighted by atomic mass is 16.5. The van der Waals surface area contributed by atoms with Crippen LogP contribution in [0.4, 0.5) is 0 Å². The van der Waals surface area contributed by atoms with Crippen molar-refractivity contribution >= 4 is 17.8 Å². The molecule has 1 aromatic carbocycles. The molecule has 0 aliphatic heterocycles. The minimum atomic E-state index is -1.06. The predicted octanol–water partition coefficient (Wildman–Crippen LogP) is 1.37. The molecule has 3 atom stereocenters. The van der Waals surface area contributed by atoms with Crippen LogP contribution in [0.5, 0.6) is 0 Å². The molecule has 0 radical (unpaired) electrons. The minimum absolute atomic E-state index is 0.510. The number of esters is 1. The van der Waals surface area contributed by atoms with Gasteiger partial charge in [-0.3, -0.25) is 9.59 Å². The molecule has 0 aliphatic carbocycles. The molecule has 0 fully saturated rings. The van der Waals surface area contributed by atoms with Crippen molar-refractivity contribution in [2.75, 3.05) is 7.11 Å². The first-order valence-corrected chi connectivity index (χ1v) is 6.54. The largest absolute Gasteiger partial charge is 0.481 e. The predicted molar refractivity (Wildman–Crippen MR) is 75.3 cm³/mol. The molecule has 3 unspecified atom stereocenters. The van der Waals surface area contributed by atoms with Gasteiger partial charge < -0.3 is 15.2 Å². The number of hydrogen-bond donors (Lipinski definition) is 2. The third-order valence-corrected chi connectivity index (χ3v) is 3.41. The third kappa shape index (κ3) is 4.30. The Morgan fingerprint density at radius 2 is 1.67 bits per heavy atom. The van der Waals surface area contributed by atoms with Crippen LogP contribution in [-0.2, 0) is 19.1 Å². The van der Waals surface area contributed by atoms with Gasteiger partial charge in [0.05, 0.1) is 13.0 Å². The van der Waals surface area contributed by atoms with E-state index in [0.29, 0.717) is 5.56 Å². The fourth-order valence-corrected chi connectivity index (χ4v) is 1.76. The molecule has 0 spiro atoms. The molecule has 6 heteroatoms. The fourth-order valence-electron chi connectivity index (χ4n) is 1.76. The van der Waals surface area contributed by atoms with Crippen LogP contribution in [0.1, 0.15) is 25.5 Å². The van der Waals surface area contributed by atoms with Crippen LogP contribution in [0.2, 0.25) is 0 Å². The molecule has 21 heavy (non-hydrogen) atoms. The number of benzene rings is 1. The van der Waals surface area contributed by atoms with Crippen molar-refractivity contribution in [3.8, 4) is 0 Å². The fraction of sp³-hybridized carbons (Fsp3) is 0.400. The molecule has 1 amide bonds. The summed E-state index contributed by atoms with van der Waals surface area (Å²) in [5, 5.41) is 11.5. The molecular formula is C15H19NO5. The monoisotopic (exact) mass is 293 g/mol. The van der Waals surface area contributed by atoms with Crippen LogP contribution < -0.4 is 5.32 Å². The van der Waals surface area contributed by atoms with Crippen molar-refractivity contribution in [1.29, 1.82) is 0 Å². The second-order valence-corrected chi connectivity index (χ2v) is 4.79. The van der Waals surface area contributed by atoms with E-state index in [1.54, 1.807) is 30.3 Å². The van der Waals surface area contributed by atoms with Crippen LogP contribution in [0.3, 0.4) is 0 Å². The Bertz CT molecular complexity index is 514. The van der Waals surface area contributed by atoms with Gasteiger partial charge in [-0.1, -0.05) is 44.2 Å². The molecule has 0 aliphatic rings. The summed E-state index contributed by atoms with van der Waals surface area (Å²) >= 11 is 0. The first-order valence-electron chi connectivity index (χ1n) is 6.54. The molecular weight excluding hydrogens is 274 g/mol. The van der Waals surface area contributed by atoms with Gasteiger partial charge in [0.15, 0.2) is 6.04 Å². The van der Waals surface area contributed by atoms with E-state index < -0.39 is 35.7 Å². The van der Waals surface area contributed by atoms with Crippen LogP contribution in [0, 0.1) is 11.8 Å². The molecule has 0 saturated heterocycles. The Hall–Kier alpha value is -2.37. The maximum absolute atomic E-state index is 12.1. The van der Waals surface area contributed by atoms with E-state index in [9.17, 15) is 14.4 Å². The summed E-state index contributed by atoms with van der Waals surface area (Å²) in [6.07, 6.45) is 0. The van der Waals surface area contributed by atoms with Crippen LogP contribution in [-0.4, -0.2) is 30.1 Å². The average Bonchev–Trinajstić information content (AvgIpc) is 2.50. The third-order valence-electron chi connectivity index (χ3n) is 3.41. The molecule has 1 rings (SSSR count). The smallest absolute Gasteiger partial charge is 0.333 e. The number of nitrogens with one attached hydrogen (secondary N) is 1. The number of hydrogen-bond acceptors (Lipinski definition) is 4. The zero-order valence-electron chi connectivity index (χ0n) is 12.2. The number of carbonyl (C=O) groups excluding carboxylic acids is 2. The quantitative estimate of drug-likeness (QED) is 0.773. The van der Waals surface area contributed by atoms with Gasteiger partial charge in [0.2, 0.25) is 5.91 Å². The van der Waals surface area contributed by atoms with E-state index in [4.69, 9.17) is 5.11 Å². The maximum Gasteiger partial charge on any atom is 0.333 e. The Morgan fingerprint density at radius 3 is 2.14 bits per heavy atom. The van der Waals surface area contributed by atoms with Crippen molar-refractivity contribution in [3.05, 3.63) is 35.9 Å². The number of carbonyl (C=O) groups is 3. The van der Waals surface area contributed by atoms with Crippen LogP contribution >= 0.6 is 0 Å². The second kappa shape index (κ2) is 7.42. The summed E-state index contributed by atoms with van der Waals surface area (Å²) in [6.45, 7) is 2.95. The first-order chi connectivity index (χ1) is 9.88. The van der Waals surface area contributed by atoms with E-state index in [-0.39, 0.29) is 0 Å². The van der Waals surface area contributed by atoms with E-state index >= 15 is 0 Å². The summed E-state index contributed by atoms with van der Waals surface area (Å²) in [4.78, 5) is 34.9. The summed E-state index contributed by atoms with van der Waals surface area (Å²) in [5.41, 5.74) is 0.577. The van der Waals surface area contributed by atoms with Gasteiger partial charge in [0.1, 0.15) is 0 Å². The molecule has 2 N–H and O–H groups in total. The van der Waals surface area contributed by atoms with Crippen LogP contribution in [0.15, 0.2) is 30.3 Å². The molecule has 0 heterocycles. The van der Waals surface area contributed by atoms with Gasteiger partial charge in [0.25, 0.3) is 0 Å². The number of methoxy groups -OCH3 is 1. The summed E-state index contributed by atoms with van der Waals surface area (Å²) in [7, 11) is 1.23. The zero-order valence-corrected chi connectivity index (χ0v) is 12.2. The molecule has 114 valence electrons. The van der Waals surface area contributed by atoms with E-state index in [2.05, 4.69) is 10.1 Å². The lowest BCUT2D eigenvalue weighted by atomic mass is 9.94. The molecule has 0 saturated carbocycles. The highest BCUT2D eigenvalue weighted by Gasteiger charge is 2.30. The first kappa shape index (κ1) is 16.7. The highest BCUT2D eigenvalue weighted by molar-refractivity contribution is 5.88. The second-order valence-electron chi connectivity index (χ2n) is 4.79. The SMILES string of the molecule is COC(=O)C(NC(=O)C(C)C(C)C(=O)O)c1ccccc1. The number of ether oxygens (including phenoxy) is 1. The van der Waals surface area contributed by atoms with Crippen molar-refractivity contribution in [3.63, 3.8) is 0 Å². The molecule has 6 nitrogen and oxygen atoms in total. The Balaban J connectivity index is 2.90. The van der Waals surface area contributed by atoms with Gasteiger partial charge in [0, 0.05) is 5.92 Å². The number of rotatable bonds is 6. The number of carboxylic acids is 1. The van der Waals surface area contributed by atoms with Gasteiger partial charge in [-0.15, -0.1) is 0 Å². The summed E-state index contributed by atoms with van der Waals surface area (Å²) < 4.78 is 4.69. The number of carboxylic acid groups (broad SMARTS) is 1. The van der Waals surface area contributed by atoms with Gasteiger partial charge in [-0.25, -0.2) is 4.79 Å². The van der Waals surface area contributed by atoms with Gasteiger partial charge >= 0.3 is 11.9 Å². The standard InChI is InChI=1S/C15H19NO5/c1-9(10(2)14(18)19)13(17)16-12(15(20)21-3)11-7-5-4-6-8-11/h4-10,12H,1-3H3,(H,16,17)(H,18,19). The van der Waals surface area contributed by atoms with E-state index in [0.717, 1.165) is 0 Å². The topological polar surface area (TPSA) is 92.7 Å². The lowest BCUT2D eigenvalue weighted by Crippen LogP contribution is -2.40. The van der Waals surface area contributed by atoms with Gasteiger partial charge in [-0.05, 0) is 5.56 Å². The Kier molecular flexibility index (Phi) is 5.90. The number of amides is 1. The highest BCUT2D eigenvalue weighted by Crippen LogP contribution is 2.17. The number of aliphatic carboxylic acids is 1. The van der Waals surface area contributed by atoms with Crippen LogP contribution in [0.25, 0.3) is 0 Å². The Morgan fingerprint density at radius 1 is 1.10 bits per heavy atom. The maximum atomic E-state index is 12.1. The molecule has 0 bridgehead atoms. The zero-order chi connectivity index (χ0) is 16.0. The molecule has 1 aromatic rings. The average molecular weight is 293 g/mol. The normalized spacial score (nSPS) is 14.6. The minimum Gasteiger partial charge on any atom is -0.481 e. The van der Waals surface area contributed by atoms with Gasteiger partial charge in [-0.2, -0.15) is 0 Å². The summed E-state index contributed by atoms with van der Waals surface area (Å²) in [6, 6.07) is 7.68. The van der Waals surface area contributed by atoms with Crippen molar-refractivity contribution < 1.29 is 24.2 Å².